The third kappa shape index (κ3) is 3.94. The molecule has 0 bridgehead atoms. The van der Waals surface area contributed by atoms with E-state index in [9.17, 15) is 9.59 Å². The number of hydrogen-bond acceptors (Lipinski definition) is 5. The van der Waals surface area contributed by atoms with Crippen LogP contribution in [-0.4, -0.2) is 35.2 Å². The first-order valence-electron chi connectivity index (χ1n) is 11.3. The number of benzene rings is 3. The Morgan fingerprint density at radius 3 is 2.34 bits per heavy atom. The molecule has 1 aliphatic heterocycles. The van der Waals surface area contributed by atoms with Crippen LogP contribution >= 0.6 is 0 Å². The standard InChI is InChI=1S/C27H25N5O3/c1-35-21-12-10-20(11-13-21)32-25-23(24(30-32)26(29)33)14-15-31(27(25)34)19-8-6-17(7-9-19)22-5-3-2-4-18(22)16-28/h2-13H,14-16,28H2,1H3,(H2,29,33). The molecule has 0 spiro atoms. The molecule has 0 atom stereocenters. The van der Waals surface area contributed by atoms with Gasteiger partial charge in [0.2, 0.25) is 0 Å². The van der Waals surface area contributed by atoms with Gasteiger partial charge in [-0.05, 0) is 59.5 Å². The monoisotopic (exact) mass is 467 g/mol. The van der Waals surface area contributed by atoms with Gasteiger partial charge in [-0.25, -0.2) is 4.68 Å². The van der Waals surface area contributed by atoms with Crippen LogP contribution in [0.1, 0.15) is 32.1 Å². The van der Waals surface area contributed by atoms with E-state index >= 15 is 0 Å². The van der Waals surface area contributed by atoms with Gasteiger partial charge in [-0.3, -0.25) is 9.59 Å². The highest BCUT2D eigenvalue weighted by atomic mass is 16.5. The summed E-state index contributed by atoms with van der Waals surface area (Å²) in [6.45, 7) is 0.863. The summed E-state index contributed by atoms with van der Waals surface area (Å²) in [5.41, 5.74) is 17.1. The number of carbonyl (C=O) groups excluding carboxylic acids is 2. The maximum absolute atomic E-state index is 13.7. The number of hydrogen-bond donors (Lipinski definition) is 2. The molecular formula is C27H25N5O3. The first-order valence-corrected chi connectivity index (χ1v) is 11.3. The zero-order chi connectivity index (χ0) is 24.5. The first kappa shape index (κ1) is 22.4. The molecule has 0 unspecified atom stereocenters. The van der Waals surface area contributed by atoms with Crippen molar-refractivity contribution in [3.05, 3.63) is 95.3 Å². The number of primary amides is 1. The van der Waals surface area contributed by atoms with E-state index in [0.29, 0.717) is 42.2 Å². The average Bonchev–Trinajstić information content (AvgIpc) is 3.30. The minimum atomic E-state index is -0.655. The Bertz CT molecular complexity index is 1410. The molecule has 176 valence electrons. The number of aromatic nitrogens is 2. The zero-order valence-electron chi connectivity index (χ0n) is 19.3. The average molecular weight is 468 g/mol. The van der Waals surface area contributed by atoms with E-state index in [1.807, 2.05) is 48.5 Å². The molecule has 0 radical (unpaired) electrons. The van der Waals surface area contributed by atoms with Crippen LogP contribution in [-0.2, 0) is 13.0 Å². The van der Waals surface area contributed by atoms with E-state index in [2.05, 4.69) is 5.10 Å². The van der Waals surface area contributed by atoms with Gasteiger partial charge in [-0.1, -0.05) is 36.4 Å². The Morgan fingerprint density at radius 2 is 1.69 bits per heavy atom. The fourth-order valence-corrected chi connectivity index (χ4v) is 4.52. The highest BCUT2D eigenvalue weighted by Crippen LogP contribution is 2.31. The lowest BCUT2D eigenvalue weighted by atomic mass is 9.98. The molecule has 4 N–H and O–H groups in total. The molecule has 1 aliphatic rings. The van der Waals surface area contributed by atoms with Crippen LogP contribution in [0.15, 0.2) is 72.8 Å². The van der Waals surface area contributed by atoms with Gasteiger partial charge < -0.3 is 21.1 Å². The molecule has 2 amide bonds. The van der Waals surface area contributed by atoms with Crippen LogP contribution in [0.4, 0.5) is 5.69 Å². The summed E-state index contributed by atoms with van der Waals surface area (Å²) in [4.78, 5) is 27.5. The van der Waals surface area contributed by atoms with Gasteiger partial charge in [0.25, 0.3) is 11.8 Å². The van der Waals surface area contributed by atoms with E-state index in [4.69, 9.17) is 16.2 Å². The molecule has 3 aromatic carbocycles. The van der Waals surface area contributed by atoms with Crippen LogP contribution in [0.25, 0.3) is 16.8 Å². The second kappa shape index (κ2) is 9.08. The summed E-state index contributed by atoms with van der Waals surface area (Å²) in [6.07, 6.45) is 0.466. The maximum atomic E-state index is 13.7. The van der Waals surface area contributed by atoms with Crippen molar-refractivity contribution in [1.29, 1.82) is 0 Å². The van der Waals surface area contributed by atoms with Crippen LogP contribution in [0, 0.1) is 0 Å². The number of methoxy groups -OCH3 is 1. The topological polar surface area (TPSA) is 116 Å². The fraction of sp³-hybridized carbons (Fsp3) is 0.148. The highest BCUT2D eigenvalue weighted by molar-refractivity contribution is 6.09. The lowest BCUT2D eigenvalue weighted by molar-refractivity contribution is 0.0972. The maximum Gasteiger partial charge on any atom is 0.277 e. The minimum absolute atomic E-state index is 0.123. The Kier molecular flexibility index (Phi) is 5.80. The van der Waals surface area contributed by atoms with Gasteiger partial charge in [0, 0.05) is 24.3 Å². The van der Waals surface area contributed by atoms with Gasteiger partial charge in [0.15, 0.2) is 5.69 Å². The Morgan fingerprint density at radius 1 is 1.00 bits per heavy atom. The van der Waals surface area contributed by atoms with E-state index in [0.717, 1.165) is 22.4 Å². The highest BCUT2D eigenvalue weighted by Gasteiger charge is 2.34. The van der Waals surface area contributed by atoms with Crippen LogP contribution in [0.5, 0.6) is 5.75 Å². The van der Waals surface area contributed by atoms with Crippen molar-refractivity contribution in [2.24, 2.45) is 11.5 Å². The number of rotatable bonds is 6. The minimum Gasteiger partial charge on any atom is -0.497 e. The summed E-state index contributed by atoms with van der Waals surface area (Å²) in [5, 5.41) is 4.41. The van der Waals surface area contributed by atoms with Crippen molar-refractivity contribution in [3.63, 3.8) is 0 Å². The SMILES string of the molecule is COc1ccc(-n2nc(C(N)=O)c3c2C(=O)N(c2ccc(-c4ccccc4CN)cc2)CC3)cc1. The Balaban J connectivity index is 1.52. The molecule has 5 rings (SSSR count). The largest absolute Gasteiger partial charge is 0.497 e. The van der Waals surface area contributed by atoms with Crippen molar-refractivity contribution < 1.29 is 14.3 Å². The molecule has 0 fully saturated rings. The molecule has 4 aromatic rings. The Labute approximate surface area is 202 Å². The smallest absolute Gasteiger partial charge is 0.277 e. The van der Waals surface area contributed by atoms with E-state index in [1.165, 1.54) is 4.68 Å². The predicted molar refractivity (Wildman–Crippen MR) is 134 cm³/mol. The summed E-state index contributed by atoms with van der Waals surface area (Å²) < 4.78 is 6.72. The van der Waals surface area contributed by atoms with E-state index in [1.54, 1.807) is 36.3 Å². The fourth-order valence-electron chi connectivity index (χ4n) is 4.52. The zero-order valence-corrected chi connectivity index (χ0v) is 19.3. The van der Waals surface area contributed by atoms with Gasteiger partial charge in [0.1, 0.15) is 11.4 Å². The van der Waals surface area contributed by atoms with Crippen molar-refractivity contribution in [2.45, 2.75) is 13.0 Å². The molecule has 35 heavy (non-hydrogen) atoms. The van der Waals surface area contributed by atoms with Crippen molar-refractivity contribution >= 4 is 17.5 Å². The molecule has 8 heteroatoms. The third-order valence-corrected chi connectivity index (χ3v) is 6.29. The van der Waals surface area contributed by atoms with Crippen LogP contribution in [0.3, 0.4) is 0 Å². The number of fused-ring (bicyclic) bond motifs is 1. The van der Waals surface area contributed by atoms with Crippen molar-refractivity contribution in [1.82, 2.24) is 9.78 Å². The number of nitrogens with zero attached hydrogens (tertiary/aromatic N) is 3. The number of nitrogens with two attached hydrogens (primary N) is 2. The molecule has 0 aliphatic carbocycles. The van der Waals surface area contributed by atoms with Gasteiger partial charge in [-0.15, -0.1) is 0 Å². The predicted octanol–water partition coefficient (Wildman–Crippen LogP) is 3.31. The van der Waals surface area contributed by atoms with E-state index < -0.39 is 5.91 Å². The lowest BCUT2D eigenvalue weighted by Gasteiger charge is -2.28. The van der Waals surface area contributed by atoms with Gasteiger partial charge in [-0.2, -0.15) is 5.10 Å². The summed E-state index contributed by atoms with van der Waals surface area (Å²) in [5.74, 6) is -0.219. The molecule has 0 saturated carbocycles. The molecule has 2 heterocycles. The molecule has 8 nitrogen and oxygen atoms in total. The van der Waals surface area contributed by atoms with Crippen molar-refractivity contribution in [2.75, 3.05) is 18.6 Å². The van der Waals surface area contributed by atoms with Crippen molar-refractivity contribution in [3.8, 4) is 22.6 Å². The molecule has 1 aromatic heterocycles. The number of anilines is 1. The quantitative estimate of drug-likeness (QED) is 0.451. The number of amides is 2. The second-order valence-electron chi connectivity index (χ2n) is 8.26. The van der Waals surface area contributed by atoms with Gasteiger partial charge in [0.05, 0.1) is 12.8 Å². The summed E-state index contributed by atoms with van der Waals surface area (Å²) in [7, 11) is 1.58. The Hall–Kier alpha value is -4.43. The molecule has 0 saturated heterocycles. The second-order valence-corrected chi connectivity index (χ2v) is 8.26. The third-order valence-electron chi connectivity index (χ3n) is 6.29. The first-order chi connectivity index (χ1) is 17.0. The normalized spacial score (nSPS) is 13.0. The summed E-state index contributed by atoms with van der Waals surface area (Å²) >= 11 is 0. The summed E-state index contributed by atoms with van der Waals surface area (Å²) in [6, 6.07) is 22.9. The molecular weight excluding hydrogens is 442 g/mol. The van der Waals surface area contributed by atoms with Crippen LogP contribution < -0.4 is 21.1 Å². The van der Waals surface area contributed by atoms with Crippen LogP contribution in [0.2, 0.25) is 0 Å². The lowest BCUT2D eigenvalue weighted by Crippen LogP contribution is -2.39. The number of carbonyl (C=O) groups is 2. The number of ether oxygens (including phenoxy) is 1. The van der Waals surface area contributed by atoms with Gasteiger partial charge >= 0.3 is 0 Å². The van der Waals surface area contributed by atoms with E-state index in [-0.39, 0.29) is 11.6 Å².